The van der Waals surface area contributed by atoms with Crippen LogP contribution in [0.1, 0.15) is 194 Å². The molecular formula is C47H87NO12S. The summed E-state index contributed by atoms with van der Waals surface area (Å²) in [6.07, 6.45) is 32.2. The number of amides is 1. The van der Waals surface area contributed by atoms with Gasteiger partial charge in [-0.3, -0.25) is 9.35 Å². The van der Waals surface area contributed by atoms with Gasteiger partial charge in [0.15, 0.2) is 6.29 Å². The largest absolute Gasteiger partial charge is 0.397 e. The van der Waals surface area contributed by atoms with Crippen LogP contribution in [0.5, 0.6) is 0 Å². The molecule has 7 N–H and O–H groups in total. The second kappa shape index (κ2) is 37.6. The summed E-state index contributed by atoms with van der Waals surface area (Å²) < 4.78 is 47.5. The maximum absolute atomic E-state index is 13.1. The fourth-order valence-electron chi connectivity index (χ4n) is 7.43. The molecule has 0 aromatic heterocycles. The summed E-state index contributed by atoms with van der Waals surface area (Å²) >= 11 is 0. The lowest BCUT2D eigenvalue weighted by atomic mass is 9.99. The van der Waals surface area contributed by atoms with Gasteiger partial charge in [-0.25, -0.2) is 4.18 Å². The monoisotopic (exact) mass is 890 g/mol. The number of carbonyl (C=O) groups is 1. The number of rotatable bonds is 40. The number of hydrogen-bond donors (Lipinski definition) is 7. The van der Waals surface area contributed by atoms with Crippen LogP contribution in [0.4, 0.5) is 0 Å². The van der Waals surface area contributed by atoms with Gasteiger partial charge in [0, 0.05) is 0 Å². The fourth-order valence-corrected chi connectivity index (χ4v) is 7.94. The molecule has 1 heterocycles. The van der Waals surface area contributed by atoms with E-state index in [4.69, 9.17) is 9.47 Å². The number of aliphatic hydroxyl groups is 5. The van der Waals surface area contributed by atoms with Crippen LogP contribution in [0.3, 0.4) is 0 Å². The first kappa shape index (κ1) is 57.3. The second-order valence-corrected chi connectivity index (χ2v) is 17.9. The maximum atomic E-state index is 13.1. The van der Waals surface area contributed by atoms with Crippen molar-refractivity contribution in [1.82, 2.24) is 5.32 Å². The van der Waals surface area contributed by atoms with E-state index in [-0.39, 0.29) is 6.42 Å². The first-order chi connectivity index (χ1) is 29.4. The predicted molar refractivity (Wildman–Crippen MR) is 242 cm³/mol. The van der Waals surface area contributed by atoms with Crippen LogP contribution in [0.15, 0.2) is 36.5 Å². The van der Waals surface area contributed by atoms with Crippen molar-refractivity contribution in [2.75, 3.05) is 13.2 Å². The van der Waals surface area contributed by atoms with Gasteiger partial charge < -0.3 is 40.3 Å². The molecule has 0 radical (unpaired) electrons. The molecule has 1 amide bonds. The quantitative estimate of drug-likeness (QED) is 0.0175. The van der Waals surface area contributed by atoms with Crippen molar-refractivity contribution in [3.05, 3.63) is 36.5 Å². The summed E-state index contributed by atoms with van der Waals surface area (Å²) in [4.78, 5) is 13.1. The molecule has 0 aromatic carbocycles. The third-order valence-corrected chi connectivity index (χ3v) is 11.7. The lowest BCUT2D eigenvalue weighted by Crippen LogP contribution is -2.61. The summed E-state index contributed by atoms with van der Waals surface area (Å²) in [5, 5.41) is 55.2. The van der Waals surface area contributed by atoms with Gasteiger partial charge in [0.05, 0.1) is 25.4 Å². The van der Waals surface area contributed by atoms with E-state index in [1.54, 1.807) is 6.08 Å². The first-order valence-electron chi connectivity index (χ1n) is 24.0. The molecule has 61 heavy (non-hydrogen) atoms. The standard InChI is InChI=1S/C47H87NO12S/c1-3-5-7-9-11-13-15-17-19-20-21-22-24-25-27-29-31-33-35-40(50)39(38-58-47-44(53)45(60-61(55,56)57)43(52)42(37-49)59-47)48-46(54)41(51)36-34-32-30-28-26-23-18-16-14-12-10-8-6-4-2/h20-21,25,27,33,35,39-45,47,49-53H,3-19,22-24,26,28-32,34,36-38H2,1-2H3,(H,48,54)(H,55,56,57)/b21-20+,27-25+,35-33+. The zero-order valence-corrected chi connectivity index (χ0v) is 38.7. The van der Waals surface area contributed by atoms with Gasteiger partial charge in [-0.05, 0) is 44.9 Å². The average Bonchev–Trinajstić information content (AvgIpc) is 3.23. The van der Waals surface area contributed by atoms with Crippen molar-refractivity contribution in [2.24, 2.45) is 0 Å². The Kier molecular flexibility index (Phi) is 35.4. The lowest BCUT2D eigenvalue weighted by molar-refractivity contribution is -0.298. The molecule has 1 aliphatic heterocycles. The molecule has 8 unspecified atom stereocenters. The molecule has 1 fully saturated rings. The Bertz CT molecular complexity index is 1250. The van der Waals surface area contributed by atoms with Gasteiger partial charge in [0.1, 0.15) is 30.5 Å². The Morgan fingerprint density at radius 1 is 0.656 bits per heavy atom. The SMILES string of the molecule is CCCCCCCCCC/C=C/CC/C=C/CC/C=C/C(O)C(COC1OC(CO)C(O)C(OS(=O)(=O)O)C1O)NC(=O)C(O)CCCCCCCCCCCCCCCC. The summed E-state index contributed by atoms with van der Waals surface area (Å²) in [6, 6.07) is -1.14. The van der Waals surface area contributed by atoms with Gasteiger partial charge in [-0.1, -0.05) is 185 Å². The van der Waals surface area contributed by atoms with Crippen LogP contribution in [0.2, 0.25) is 0 Å². The van der Waals surface area contributed by atoms with Crippen LogP contribution in [-0.2, 0) is 28.9 Å². The molecule has 8 atom stereocenters. The van der Waals surface area contributed by atoms with Gasteiger partial charge in [0.2, 0.25) is 5.91 Å². The Hall–Kier alpha value is -1.72. The lowest BCUT2D eigenvalue weighted by Gasteiger charge is -2.41. The predicted octanol–water partition coefficient (Wildman–Crippen LogP) is 8.47. The van der Waals surface area contributed by atoms with Crippen LogP contribution in [0.25, 0.3) is 0 Å². The van der Waals surface area contributed by atoms with Crippen molar-refractivity contribution in [3.63, 3.8) is 0 Å². The van der Waals surface area contributed by atoms with Gasteiger partial charge in [-0.15, -0.1) is 0 Å². The number of aliphatic hydroxyl groups excluding tert-OH is 5. The molecule has 0 aliphatic carbocycles. The van der Waals surface area contributed by atoms with Gasteiger partial charge in [-0.2, -0.15) is 8.42 Å². The zero-order valence-electron chi connectivity index (χ0n) is 37.8. The first-order valence-corrected chi connectivity index (χ1v) is 25.3. The highest BCUT2D eigenvalue weighted by atomic mass is 32.3. The van der Waals surface area contributed by atoms with Crippen molar-refractivity contribution in [1.29, 1.82) is 0 Å². The van der Waals surface area contributed by atoms with E-state index in [0.717, 1.165) is 44.9 Å². The van der Waals surface area contributed by atoms with E-state index in [1.165, 1.54) is 122 Å². The summed E-state index contributed by atoms with van der Waals surface area (Å²) in [7, 11) is -5.12. The number of nitrogens with one attached hydrogen (secondary N) is 1. The molecule has 358 valence electrons. The van der Waals surface area contributed by atoms with Gasteiger partial charge >= 0.3 is 10.4 Å². The van der Waals surface area contributed by atoms with E-state index in [1.807, 2.05) is 0 Å². The normalized spacial score (nSPS) is 21.5. The van der Waals surface area contributed by atoms with Crippen LogP contribution in [0, 0.1) is 0 Å². The van der Waals surface area contributed by atoms with E-state index in [2.05, 4.69) is 47.7 Å². The molecule has 0 spiro atoms. The number of ether oxygens (including phenoxy) is 2. The van der Waals surface area contributed by atoms with E-state index < -0.39 is 78.5 Å². The van der Waals surface area contributed by atoms with Crippen molar-refractivity contribution < 1.29 is 57.0 Å². The average molecular weight is 890 g/mol. The third kappa shape index (κ3) is 30.1. The molecule has 0 bridgehead atoms. The Balaban J connectivity index is 2.61. The fraction of sp³-hybridized carbons (Fsp3) is 0.851. The molecule has 13 nitrogen and oxygen atoms in total. The summed E-state index contributed by atoms with van der Waals surface area (Å²) in [5.41, 5.74) is 0. The number of unbranched alkanes of at least 4 members (excludes halogenated alkanes) is 23. The molecule has 1 aliphatic rings. The Morgan fingerprint density at radius 3 is 1.57 bits per heavy atom. The smallest absolute Gasteiger partial charge is 0.394 e. The number of hydrogen-bond acceptors (Lipinski definition) is 11. The summed E-state index contributed by atoms with van der Waals surface area (Å²) in [5.74, 6) is -0.716. The Morgan fingerprint density at radius 2 is 1.10 bits per heavy atom. The van der Waals surface area contributed by atoms with Crippen molar-refractivity contribution in [2.45, 2.75) is 243 Å². The molecule has 1 rings (SSSR count). The van der Waals surface area contributed by atoms with Crippen molar-refractivity contribution in [3.8, 4) is 0 Å². The minimum Gasteiger partial charge on any atom is -0.394 e. The highest BCUT2D eigenvalue weighted by Crippen LogP contribution is 2.26. The van der Waals surface area contributed by atoms with Gasteiger partial charge in [0.25, 0.3) is 0 Å². The van der Waals surface area contributed by atoms with Crippen LogP contribution in [-0.4, -0.2) is 107 Å². The Labute approximate surface area is 369 Å². The molecule has 0 aromatic rings. The topological polar surface area (TPSA) is 212 Å². The highest BCUT2D eigenvalue weighted by molar-refractivity contribution is 7.80. The highest BCUT2D eigenvalue weighted by Gasteiger charge is 2.48. The van der Waals surface area contributed by atoms with Crippen LogP contribution < -0.4 is 5.32 Å². The summed E-state index contributed by atoms with van der Waals surface area (Å²) in [6.45, 7) is 3.19. The third-order valence-electron chi connectivity index (χ3n) is 11.3. The molecule has 1 saturated heterocycles. The minimum atomic E-state index is -5.12. The second-order valence-electron chi connectivity index (χ2n) is 16.8. The molecular weight excluding hydrogens is 803 g/mol. The molecule has 14 heteroatoms. The molecule has 0 saturated carbocycles. The number of carbonyl (C=O) groups excluding carboxylic acids is 1. The van der Waals surface area contributed by atoms with Crippen LogP contribution >= 0.6 is 0 Å². The number of allylic oxidation sites excluding steroid dienone is 5. The zero-order chi connectivity index (χ0) is 45.0. The van der Waals surface area contributed by atoms with E-state index in [0.29, 0.717) is 12.8 Å². The van der Waals surface area contributed by atoms with Crippen molar-refractivity contribution >= 4 is 16.3 Å². The van der Waals surface area contributed by atoms with E-state index in [9.17, 15) is 43.3 Å². The maximum Gasteiger partial charge on any atom is 0.397 e. The van der Waals surface area contributed by atoms with E-state index >= 15 is 0 Å². The minimum absolute atomic E-state index is 0.236.